The number of hydrogen-bond donors (Lipinski definition) is 0. The second-order valence-corrected chi connectivity index (χ2v) is 4.66. The fourth-order valence-corrected chi connectivity index (χ4v) is 2.40. The van der Waals surface area contributed by atoms with Gasteiger partial charge in [-0.1, -0.05) is 12.1 Å². The molecule has 2 heteroatoms. The number of nitriles is 1. The Morgan fingerprint density at radius 1 is 1.19 bits per heavy atom. The van der Waals surface area contributed by atoms with E-state index in [0.717, 1.165) is 5.56 Å². The first kappa shape index (κ1) is 11.2. The van der Waals surface area contributed by atoms with Gasteiger partial charge in [0.05, 0.1) is 11.6 Å². The van der Waals surface area contributed by atoms with Crippen LogP contribution >= 0.6 is 0 Å². The van der Waals surface area contributed by atoms with E-state index < -0.39 is 0 Å². The molecular formula is C14H18N2. The van der Waals surface area contributed by atoms with Crippen LogP contribution in [0.3, 0.4) is 0 Å². The predicted molar refractivity (Wildman–Crippen MR) is 65.2 cm³/mol. The van der Waals surface area contributed by atoms with E-state index in [1.54, 1.807) is 0 Å². The third-order valence-electron chi connectivity index (χ3n) is 3.46. The largest absolute Gasteiger partial charge is 0.306 e. The van der Waals surface area contributed by atoms with Crippen molar-refractivity contribution in [1.82, 2.24) is 4.90 Å². The number of rotatable bonds is 1. The predicted octanol–water partition coefficient (Wildman–Crippen LogP) is 2.76. The minimum atomic E-state index is 0.678. The Balaban J connectivity index is 2.08. The van der Waals surface area contributed by atoms with Gasteiger partial charge in [-0.25, -0.2) is 0 Å². The molecule has 0 aromatic heterocycles. The Morgan fingerprint density at radius 3 is 2.62 bits per heavy atom. The molecule has 1 unspecified atom stereocenters. The zero-order valence-electron chi connectivity index (χ0n) is 9.82. The van der Waals surface area contributed by atoms with Crippen LogP contribution in [0.1, 0.15) is 36.3 Å². The highest BCUT2D eigenvalue weighted by Crippen LogP contribution is 2.27. The van der Waals surface area contributed by atoms with E-state index in [1.165, 1.54) is 37.9 Å². The Hall–Kier alpha value is -1.33. The fraction of sp³-hybridized carbons (Fsp3) is 0.500. The lowest BCUT2D eigenvalue weighted by molar-refractivity contribution is 0.347. The summed E-state index contributed by atoms with van der Waals surface area (Å²) in [6.07, 6.45) is 3.79. The molecule has 16 heavy (non-hydrogen) atoms. The highest BCUT2D eigenvalue weighted by molar-refractivity contribution is 5.33. The molecule has 1 fully saturated rings. The first-order chi connectivity index (χ1) is 7.79. The van der Waals surface area contributed by atoms with E-state index in [2.05, 4.69) is 30.1 Å². The van der Waals surface area contributed by atoms with Crippen molar-refractivity contribution in [2.45, 2.75) is 25.2 Å². The van der Waals surface area contributed by atoms with E-state index in [-0.39, 0.29) is 0 Å². The summed E-state index contributed by atoms with van der Waals surface area (Å²) in [4.78, 5) is 2.41. The lowest BCUT2D eigenvalue weighted by Crippen LogP contribution is -2.18. The number of nitrogens with zero attached hydrogens (tertiary/aromatic N) is 2. The molecule has 84 valence electrons. The molecule has 0 spiro atoms. The quantitative estimate of drug-likeness (QED) is 0.718. The van der Waals surface area contributed by atoms with Crippen LogP contribution in [0.2, 0.25) is 0 Å². The van der Waals surface area contributed by atoms with Crippen molar-refractivity contribution in [3.05, 3.63) is 35.4 Å². The molecule has 1 saturated heterocycles. The molecule has 1 aromatic rings. The summed E-state index contributed by atoms with van der Waals surface area (Å²) in [6.45, 7) is 2.40. The smallest absolute Gasteiger partial charge is 0.0991 e. The lowest BCUT2D eigenvalue weighted by atomic mass is 9.91. The summed E-state index contributed by atoms with van der Waals surface area (Å²) in [5.74, 6) is 0.678. The summed E-state index contributed by atoms with van der Waals surface area (Å²) in [7, 11) is 2.20. The SMILES string of the molecule is CN1CCCC(c2ccc(C#N)cc2)CC1. The van der Waals surface area contributed by atoms with Crippen molar-refractivity contribution in [3.8, 4) is 6.07 Å². The molecule has 1 atom stereocenters. The molecule has 1 heterocycles. The maximum atomic E-state index is 8.76. The summed E-state index contributed by atoms with van der Waals surface area (Å²) in [6, 6.07) is 10.3. The fourth-order valence-electron chi connectivity index (χ4n) is 2.40. The molecule has 1 aliphatic heterocycles. The first-order valence-electron chi connectivity index (χ1n) is 5.98. The van der Waals surface area contributed by atoms with E-state index in [4.69, 9.17) is 5.26 Å². The van der Waals surface area contributed by atoms with Gasteiger partial charge >= 0.3 is 0 Å². The molecule has 0 aliphatic carbocycles. The summed E-state index contributed by atoms with van der Waals surface area (Å²) in [5, 5.41) is 8.76. The topological polar surface area (TPSA) is 27.0 Å². The van der Waals surface area contributed by atoms with Crippen molar-refractivity contribution in [2.75, 3.05) is 20.1 Å². The van der Waals surface area contributed by atoms with Crippen LogP contribution in [0, 0.1) is 11.3 Å². The van der Waals surface area contributed by atoms with Gasteiger partial charge in [0, 0.05) is 0 Å². The van der Waals surface area contributed by atoms with Gasteiger partial charge in [-0.2, -0.15) is 5.26 Å². The van der Waals surface area contributed by atoms with Gasteiger partial charge in [0.25, 0.3) is 0 Å². The van der Waals surface area contributed by atoms with Crippen LogP contribution in [-0.4, -0.2) is 25.0 Å². The van der Waals surface area contributed by atoms with E-state index in [0.29, 0.717) is 5.92 Å². The Labute approximate surface area is 97.5 Å². The zero-order chi connectivity index (χ0) is 11.4. The standard InChI is InChI=1S/C14H18N2/c1-16-9-2-3-13(8-10-16)14-6-4-12(11-15)5-7-14/h4-7,13H,2-3,8-10H2,1H3. The number of likely N-dealkylation sites (tertiary alicyclic amines) is 1. The normalized spacial score (nSPS) is 22.4. The second kappa shape index (κ2) is 5.14. The third-order valence-corrected chi connectivity index (χ3v) is 3.46. The highest BCUT2D eigenvalue weighted by atomic mass is 15.1. The summed E-state index contributed by atoms with van der Waals surface area (Å²) < 4.78 is 0. The maximum absolute atomic E-state index is 8.76. The molecule has 0 amide bonds. The lowest BCUT2D eigenvalue weighted by Gasteiger charge is -2.15. The molecule has 1 aliphatic rings. The van der Waals surface area contributed by atoms with Gasteiger partial charge in [-0.05, 0) is 63.0 Å². The first-order valence-corrected chi connectivity index (χ1v) is 5.98. The molecular weight excluding hydrogens is 196 g/mol. The van der Waals surface area contributed by atoms with Crippen molar-refractivity contribution >= 4 is 0 Å². The minimum absolute atomic E-state index is 0.678. The number of benzene rings is 1. The average Bonchev–Trinajstić information content (AvgIpc) is 2.54. The van der Waals surface area contributed by atoms with Crippen LogP contribution in [-0.2, 0) is 0 Å². The second-order valence-electron chi connectivity index (χ2n) is 4.66. The highest BCUT2D eigenvalue weighted by Gasteiger charge is 2.16. The molecule has 0 N–H and O–H groups in total. The van der Waals surface area contributed by atoms with Crippen LogP contribution in [0.4, 0.5) is 0 Å². The summed E-state index contributed by atoms with van der Waals surface area (Å²) in [5.41, 5.74) is 2.16. The van der Waals surface area contributed by atoms with Gasteiger partial charge in [-0.15, -0.1) is 0 Å². The Bertz CT molecular complexity index is 375. The van der Waals surface area contributed by atoms with Gasteiger partial charge < -0.3 is 4.90 Å². The van der Waals surface area contributed by atoms with E-state index in [9.17, 15) is 0 Å². The van der Waals surface area contributed by atoms with E-state index in [1.807, 2.05) is 12.1 Å². The van der Waals surface area contributed by atoms with Crippen molar-refractivity contribution < 1.29 is 0 Å². The molecule has 1 aromatic carbocycles. The van der Waals surface area contributed by atoms with Gasteiger partial charge in [0.1, 0.15) is 0 Å². The molecule has 0 bridgehead atoms. The maximum Gasteiger partial charge on any atom is 0.0991 e. The Morgan fingerprint density at radius 2 is 1.94 bits per heavy atom. The van der Waals surface area contributed by atoms with Crippen molar-refractivity contribution in [2.24, 2.45) is 0 Å². The Kier molecular flexibility index (Phi) is 3.58. The molecule has 2 nitrogen and oxygen atoms in total. The monoisotopic (exact) mass is 214 g/mol. The van der Waals surface area contributed by atoms with Crippen molar-refractivity contribution in [1.29, 1.82) is 5.26 Å². The molecule has 0 saturated carbocycles. The van der Waals surface area contributed by atoms with Gasteiger partial charge in [0.15, 0.2) is 0 Å². The van der Waals surface area contributed by atoms with Crippen LogP contribution in [0.15, 0.2) is 24.3 Å². The van der Waals surface area contributed by atoms with Crippen LogP contribution < -0.4 is 0 Å². The third kappa shape index (κ3) is 2.62. The zero-order valence-corrected chi connectivity index (χ0v) is 9.82. The van der Waals surface area contributed by atoms with E-state index >= 15 is 0 Å². The summed E-state index contributed by atoms with van der Waals surface area (Å²) >= 11 is 0. The van der Waals surface area contributed by atoms with Crippen LogP contribution in [0.5, 0.6) is 0 Å². The number of hydrogen-bond acceptors (Lipinski definition) is 2. The van der Waals surface area contributed by atoms with Crippen molar-refractivity contribution in [3.63, 3.8) is 0 Å². The molecule has 0 radical (unpaired) electrons. The average molecular weight is 214 g/mol. The van der Waals surface area contributed by atoms with Gasteiger partial charge in [0.2, 0.25) is 0 Å². The van der Waals surface area contributed by atoms with Gasteiger partial charge in [-0.3, -0.25) is 0 Å². The minimum Gasteiger partial charge on any atom is -0.306 e. The molecule has 2 rings (SSSR count). The van der Waals surface area contributed by atoms with Crippen LogP contribution in [0.25, 0.3) is 0 Å².